The lowest BCUT2D eigenvalue weighted by Gasteiger charge is -2.36. The van der Waals surface area contributed by atoms with Crippen LogP contribution in [0.25, 0.3) is 10.1 Å². The van der Waals surface area contributed by atoms with Crippen molar-refractivity contribution in [1.82, 2.24) is 4.90 Å². The molecule has 0 spiro atoms. The first-order valence-electron chi connectivity index (χ1n) is 9.44. The fourth-order valence-corrected chi connectivity index (χ4v) is 5.10. The summed E-state index contributed by atoms with van der Waals surface area (Å²) < 4.78 is 1.04. The maximum absolute atomic E-state index is 11.5. The lowest BCUT2D eigenvalue weighted by molar-refractivity contribution is -0.254. The number of carbonyl (C=O) groups excluding carboxylic acids is 1. The van der Waals surface area contributed by atoms with E-state index in [1.807, 2.05) is 19.1 Å². The fraction of sp³-hybridized carbons (Fsp3) is 0.318. The number of fused-ring (bicyclic) bond motifs is 1. The van der Waals surface area contributed by atoms with E-state index < -0.39 is 5.97 Å². The average Bonchev–Trinajstić information content (AvgIpc) is 3.08. The molecule has 6 heteroatoms. The maximum Gasteiger partial charge on any atom is 0.0818 e. The first kappa shape index (κ1) is 20.6. The normalized spacial score (nSPS) is 14.8. The number of nitrogens with zero attached hydrogens (tertiary/aromatic N) is 2. The highest BCUT2D eigenvalue weighted by Crippen LogP contribution is 2.38. The van der Waals surface area contributed by atoms with Crippen LogP contribution in [0.4, 0.5) is 5.69 Å². The van der Waals surface area contributed by atoms with E-state index >= 15 is 0 Å². The first-order valence-corrected chi connectivity index (χ1v) is 10.3. The molecule has 0 bridgehead atoms. The predicted molar refractivity (Wildman–Crippen MR) is 117 cm³/mol. The number of thiophene rings is 1. The lowest BCUT2D eigenvalue weighted by atomic mass is 10.0. The molecule has 4 nitrogen and oxygen atoms in total. The van der Waals surface area contributed by atoms with Crippen molar-refractivity contribution >= 4 is 45.5 Å². The topological polar surface area (TPSA) is 46.6 Å². The molecule has 0 amide bonds. The number of piperazine rings is 1. The summed E-state index contributed by atoms with van der Waals surface area (Å²) in [6.45, 7) is 6.90. The van der Waals surface area contributed by atoms with Gasteiger partial charge in [0.25, 0.3) is 0 Å². The summed E-state index contributed by atoms with van der Waals surface area (Å²) in [5.74, 6) is -1.06. The summed E-state index contributed by atoms with van der Waals surface area (Å²) in [5.41, 5.74) is 3.42. The number of hydrogen-bond acceptors (Lipinski definition) is 5. The minimum Gasteiger partial charge on any atom is -0.544 e. The van der Waals surface area contributed by atoms with Gasteiger partial charge in [0.1, 0.15) is 0 Å². The number of rotatable bonds is 5. The summed E-state index contributed by atoms with van der Waals surface area (Å²) >= 11 is 1.34. The number of carbonyl (C=O) groups is 1. The van der Waals surface area contributed by atoms with E-state index in [0.29, 0.717) is 11.3 Å². The number of aromatic carboxylic acids is 1. The molecule has 1 aliphatic heterocycles. The van der Waals surface area contributed by atoms with Gasteiger partial charge in [-0.05, 0) is 29.7 Å². The molecule has 4 rings (SSSR count). The van der Waals surface area contributed by atoms with E-state index in [9.17, 15) is 9.90 Å². The molecular formula is C22H24ClN2O2S-. The van der Waals surface area contributed by atoms with Crippen LogP contribution in [0.1, 0.15) is 27.7 Å². The van der Waals surface area contributed by atoms with E-state index in [1.54, 1.807) is 0 Å². The van der Waals surface area contributed by atoms with Gasteiger partial charge in [0.15, 0.2) is 0 Å². The molecule has 28 heavy (non-hydrogen) atoms. The number of halogens is 1. The van der Waals surface area contributed by atoms with Gasteiger partial charge in [0.2, 0.25) is 0 Å². The Labute approximate surface area is 175 Å². The van der Waals surface area contributed by atoms with Crippen LogP contribution in [0.2, 0.25) is 0 Å². The molecule has 1 aromatic heterocycles. The SMILES string of the molecule is CCc1c(C(=O)[O-])sc2cccc(N3CCN(Cc4ccccc4)CC3)c12.Cl. The Kier molecular flexibility index (Phi) is 6.60. The zero-order valence-electron chi connectivity index (χ0n) is 15.9. The number of hydrogen-bond donors (Lipinski definition) is 0. The van der Waals surface area contributed by atoms with Gasteiger partial charge in [0, 0.05) is 48.5 Å². The van der Waals surface area contributed by atoms with Crippen molar-refractivity contribution in [3.05, 3.63) is 64.5 Å². The van der Waals surface area contributed by atoms with Crippen molar-refractivity contribution < 1.29 is 9.90 Å². The van der Waals surface area contributed by atoms with Crippen molar-refractivity contribution in [3.63, 3.8) is 0 Å². The van der Waals surface area contributed by atoms with E-state index in [1.165, 1.54) is 16.9 Å². The van der Waals surface area contributed by atoms with Crippen molar-refractivity contribution in [1.29, 1.82) is 0 Å². The van der Waals surface area contributed by atoms with E-state index in [4.69, 9.17) is 0 Å². The van der Waals surface area contributed by atoms with Crippen LogP contribution in [-0.4, -0.2) is 37.0 Å². The molecule has 0 radical (unpaired) electrons. The monoisotopic (exact) mass is 415 g/mol. The predicted octanol–water partition coefficient (Wildman–Crippen LogP) is 3.57. The third-order valence-corrected chi connectivity index (χ3v) is 6.47. The minimum absolute atomic E-state index is 0. The van der Waals surface area contributed by atoms with Crippen molar-refractivity contribution in [2.24, 2.45) is 0 Å². The smallest absolute Gasteiger partial charge is 0.0818 e. The molecule has 0 N–H and O–H groups in total. The van der Waals surface area contributed by atoms with Crippen molar-refractivity contribution in [2.45, 2.75) is 19.9 Å². The van der Waals surface area contributed by atoms with Crippen molar-refractivity contribution in [2.75, 3.05) is 31.1 Å². The van der Waals surface area contributed by atoms with Crippen LogP contribution in [0.5, 0.6) is 0 Å². The van der Waals surface area contributed by atoms with Crippen molar-refractivity contribution in [3.8, 4) is 0 Å². The van der Waals surface area contributed by atoms with Gasteiger partial charge in [0.05, 0.1) is 10.8 Å². The second-order valence-electron chi connectivity index (χ2n) is 6.95. The summed E-state index contributed by atoms with van der Waals surface area (Å²) in [4.78, 5) is 16.8. The van der Waals surface area contributed by atoms with Gasteiger partial charge in [-0.1, -0.05) is 43.3 Å². The molecule has 3 aromatic rings. The van der Waals surface area contributed by atoms with Gasteiger partial charge >= 0.3 is 0 Å². The molecular weight excluding hydrogens is 392 g/mol. The second kappa shape index (κ2) is 8.95. The molecule has 1 aliphatic rings. The Morgan fingerprint density at radius 1 is 1.04 bits per heavy atom. The summed E-state index contributed by atoms with van der Waals surface area (Å²) in [5, 5.41) is 12.6. The Morgan fingerprint density at radius 3 is 2.39 bits per heavy atom. The van der Waals surface area contributed by atoms with Crippen LogP contribution in [-0.2, 0) is 13.0 Å². The number of anilines is 1. The van der Waals surface area contributed by atoms with Gasteiger partial charge in [-0.25, -0.2) is 0 Å². The maximum atomic E-state index is 11.5. The second-order valence-corrected chi connectivity index (χ2v) is 8.00. The summed E-state index contributed by atoms with van der Waals surface area (Å²) in [6, 6.07) is 16.7. The van der Waals surface area contributed by atoms with Crippen LogP contribution in [0, 0.1) is 0 Å². The lowest BCUT2D eigenvalue weighted by Crippen LogP contribution is -2.46. The quantitative estimate of drug-likeness (QED) is 0.639. The standard InChI is InChI=1S/C22H24N2O2S.ClH/c1-2-17-20-18(9-6-10-19(20)27-21(17)22(25)26)24-13-11-23(12-14-24)15-16-7-4-3-5-8-16;/h3-10H,2,11-15H2,1H3,(H,25,26);1H/p-1. The number of aryl methyl sites for hydroxylation is 1. The third-order valence-electron chi connectivity index (χ3n) is 5.29. The van der Waals surface area contributed by atoms with Crippen LogP contribution >= 0.6 is 23.7 Å². The van der Waals surface area contributed by atoms with Gasteiger partial charge in [-0.3, -0.25) is 4.90 Å². The Hall–Kier alpha value is -2.08. The Morgan fingerprint density at radius 2 is 1.75 bits per heavy atom. The fourth-order valence-electron chi connectivity index (χ4n) is 3.95. The van der Waals surface area contributed by atoms with E-state index in [2.05, 4.69) is 46.2 Å². The average molecular weight is 416 g/mol. The number of carboxylic acid groups (broad SMARTS) is 1. The molecule has 148 valence electrons. The van der Waals surface area contributed by atoms with Crippen LogP contribution < -0.4 is 10.0 Å². The van der Waals surface area contributed by atoms with Gasteiger partial charge in [-0.15, -0.1) is 23.7 Å². The highest BCUT2D eigenvalue weighted by Gasteiger charge is 2.22. The molecule has 0 saturated carbocycles. The summed E-state index contributed by atoms with van der Waals surface area (Å²) in [7, 11) is 0. The number of carboxylic acids is 1. The van der Waals surface area contributed by atoms with Crippen LogP contribution in [0.3, 0.4) is 0 Å². The Bertz CT molecular complexity index is 950. The largest absolute Gasteiger partial charge is 0.544 e. The van der Waals surface area contributed by atoms with Gasteiger partial charge in [-0.2, -0.15) is 0 Å². The third kappa shape index (κ3) is 4.02. The van der Waals surface area contributed by atoms with Gasteiger partial charge < -0.3 is 14.8 Å². The minimum atomic E-state index is -1.06. The zero-order chi connectivity index (χ0) is 18.8. The first-order chi connectivity index (χ1) is 13.2. The Balaban J connectivity index is 0.00000225. The molecule has 2 heterocycles. The molecule has 2 aromatic carbocycles. The molecule has 0 aliphatic carbocycles. The molecule has 0 atom stereocenters. The molecule has 0 unspecified atom stereocenters. The molecule has 1 saturated heterocycles. The van der Waals surface area contributed by atoms with E-state index in [0.717, 1.165) is 54.1 Å². The van der Waals surface area contributed by atoms with E-state index in [-0.39, 0.29) is 12.4 Å². The highest BCUT2D eigenvalue weighted by molar-refractivity contribution is 7.21. The van der Waals surface area contributed by atoms with Crippen LogP contribution in [0.15, 0.2) is 48.5 Å². The highest BCUT2D eigenvalue weighted by atomic mass is 35.5. The number of benzene rings is 2. The zero-order valence-corrected chi connectivity index (χ0v) is 17.5. The molecule has 1 fully saturated rings. The summed E-state index contributed by atoms with van der Waals surface area (Å²) in [6.07, 6.45) is 0.703.